The molecule has 118 valence electrons. The molecule has 1 aromatic heterocycles. The molecule has 2 atom stereocenters. The Labute approximate surface area is 117 Å². The number of hydrogen-bond donors (Lipinski definition) is 0. The van der Waals surface area contributed by atoms with Crippen molar-refractivity contribution in [3.8, 4) is 0 Å². The van der Waals surface area contributed by atoms with E-state index in [1.54, 1.807) is 0 Å². The zero-order valence-corrected chi connectivity index (χ0v) is 11.7. The number of nitrogens with zero attached hydrogens (tertiary/aromatic N) is 2. The molecule has 0 bridgehead atoms. The maximum atomic E-state index is 12.3. The fourth-order valence-electron chi connectivity index (χ4n) is 1.36. The highest BCUT2D eigenvalue weighted by Crippen LogP contribution is 2.29. The van der Waals surface area contributed by atoms with Crippen molar-refractivity contribution in [3.05, 3.63) is 29.6 Å². The van der Waals surface area contributed by atoms with Crippen LogP contribution in [0.2, 0.25) is 0 Å². The van der Waals surface area contributed by atoms with E-state index in [9.17, 15) is 31.0 Å². The minimum Gasteiger partial charge on any atom is -0.265 e. The Hall–Kier alpha value is -1.58. The third-order valence-corrected chi connectivity index (χ3v) is 4.79. The molecule has 2 unspecified atom stereocenters. The molecule has 0 aliphatic heterocycles. The van der Waals surface area contributed by atoms with Gasteiger partial charge in [-0.25, -0.2) is 4.21 Å². The standard InChI is InChI=1S/C11H11F5N2O2S/c1-6(21(2,20)18-10(19)9(12)13)7-3-4-8(17-5-7)11(14,15)16/h3-6,9H,1-2H3. The number of carbonyl (C=O) groups excluding carboxylic acids is 1. The lowest BCUT2D eigenvalue weighted by molar-refractivity contribution is -0.141. The molecule has 21 heavy (non-hydrogen) atoms. The molecule has 0 aromatic carbocycles. The zero-order chi connectivity index (χ0) is 16.4. The van der Waals surface area contributed by atoms with Gasteiger partial charge in [-0.2, -0.15) is 26.3 Å². The zero-order valence-electron chi connectivity index (χ0n) is 10.9. The maximum Gasteiger partial charge on any atom is 0.433 e. The Morgan fingerprint density at radius 3 is 2.29 bits per heavy atom. The predicted octanol–water partition coefficient (Wildman–Crippen LogP) is 3.05. The molecule has 0 saturated heterocycles. The fraction of sp³-hybridized carbons (Fsp3) is 0.455. The first-order valence-corrected chi connectivity index (χ1v) is 7.50. The van der Waals surface area contributed by atoms with Crippen LogP contribution >= 0.6 is 0 Å². The van der Waals surface area contributed by atoms with Crippen LogP contribution in [0.4, 0.5) is 22.0 Å². The molecule has 1 heterocycles. The first-order valence-electron chi connectivity index (χ1n) is 5.51. The van der Waals surface area contributed by atoms with Crippen molar-refractivity contribution in [3.63, 3.8) is 0 Å². The molecular weight excluding hydrogens is 319 g/mol. The monoisotopic (exact) mass is 330 g/mol. The number of alkyl halides is 5. The second kappa shape index (κ2) is 6.04. The Kier molecular flexibility index (Phi) is 5.03. The summed E-state index contributed by atoms with van der Waals surface area (Å²) in [5, 5.41) is -1.03. The van der Waals surface area contributed by atoms with Crippen molar-refractivity contribution in [1.29, 1.82) is 0 Å². The van der Waals surface area contributed by atoms with E-state index in [1.165, 1.54) is 6.92 Å². The largest absolute Gasteiger partial charge is 0.433 e. The smallest absolute Gasteiger partial charge is 0.265 e. The van der Waals surface area contributed by atoms with Gasteiger partial charge in [0.05, 0.1) is 15.0 Å². The highest BCUT2D eigenvalue weighted by Gasteiger charge is 2.32. The number of pyridine rings is 1. The summed E-state index contributed by atoms with van der Waals surface area (Å²) >= 11 is 0. The lowest BCUT2D eigenvalue weighted by Crippen LogP contribution is -2.15. The summed E-state index contributed by atoms with van der Waals surface area (Å²) in [6.45, 7) is 1.30. The summed E-state index contributed by atoms with van der Waals surface area (Å²) in [5.74, 6) is -1.82. The third kappa shape index (κ3) is 4.45. The highest BCUT2D eigenvalue weighted by molar-refractivity contribution is 7.93. The van der Waals surface area contributed by atoms with Crippen LogP contribution in [-0.2, 0) is 20.7 Å². The first kappa shape index (κ1) is 17.5. The van der Waals surface area contributed by atoms with Gasteiger partial charge in [-0.3, -0.25) is 9.78 Å². The van der Waals surface area contributed by atoms with Gasteiger partial charge < -0.3 is 0 Å². The van der Waals surface area contributed by atoms with E-state index in [0.29, 0.717) is 6.07 Å². The van der Waals surface area contributed by atoms with Crippen molar-refractivity contribution in [2.75, 3.05) is 6.26 Å². The molecule has 0 aliphatic carbocycles. The van der Waals surface area contributed by atoms with Crippen LogP contribution in [0, 0.1) is 0 Å². The van der Waals surface area contributed by atoms with E-state index < -0.39 is 39.2 Å². The average Bonchev–Trinajstić information content (AvgIpc) is 2.36. The number of carbonyl (C=O) groups is 1. The Bertz CT molecular complexity index is 633. The average molecular weight is 330 g/mol. The molecule has 0 N–H and O–H groups in total. The number of hydrogen-bond acceptors (Lipinski definition) is 3. The summed E-state index contributed by atoms with van der Waals surface area (Å²) in [6.07, 6.45) is -6.19. The topological polar surface area (TPSA) is 59.4 Å². The van der Waals surface area contributed by atoms with E-state index in [0.717, 1.165) is 18.5 Å². The summed E-state index contributed by atoms with van der Waals surface area (Å²) in [7, 11) is -3.38. The molecular formula is C11H11F5N2O2S. The Morgan fingerprint density at radius 1 is 1.33 bits per heavy atom. The van der Waals surface area contributed by atoms with Crippen LogP contribution in [-0.4, -0.2) is 27.8 Å². The van der Waals surface area contributed by atoms with Crippen LogP contribution in [0.3, 0.4) is 0 Å². The van der Waals surface area contributed by atoms with Gasteiger partial charge >= 0.3 is 18.5 Å². The fourth-order valence-corrected chi connectivity index (χ4v) is 2.60. The van der Waals surface area contributed by atoms with Crippen LogP contribution in [0.25, 0.3) is 0 Å². The molecule has 0 spiro atoms. The van der Waals surface area contributed by atoms with Gasteiger partial charge in [0.15, 0.2) is 0 Å². The predicted molar refractivity (Wildman–Crippen MR) is 65.2 cm³/mol. The van der Waals surface area contributed by atoms with Crippen molar-refractivity contribution >= 4 is 15.6 Å². The molecule has 1 amide bonds. The summed E-state index contributed by atoms with van der Waals surface area (Å²) in [5.41, 5.74) is -1.04. The lowest BCUT2D eigenvalue weighted by Gasteiger charge is -2.14. The van der Waals surface area contributed by atoms with Crippen LogP contribution < -0.4 is 0 Å². The lowest BCUT2D eigenvalue weighted by atomic mass is 10.2. The molecule has 4 nitrogen and oxygen atoms in total. The quantitative estimate of drug-likeness (QED) is 0.800. The van der Waals surface area contributed by atoms with Crippen molar-refractivity contribution in [2.45, 2.75) is 24.8 Å². The second-order valence-corrected chi connectivity index (χ2v) is 6.82. The van der Waals surface area contributed by atoms with E-state index in [1.807, 2.05) is 0 Å². The van der Waals surface area contributed by atoms with Gasteiger partial charge in [-0.05, 0) is 18.6 Å². The van der Waals surface area contributed by atoms with Crippen LogP contribution in [0.5, 0.6) is 0 Å². The van der Waals surface area contributed by atoms with Gasteiger partial charge in [0, 0.05) is 12.5 Å². The molecule has 1 aromatic rings. The maximum absolute atomic E-state index is 12.3. The summed E-state index contributed by atoms with van der Waals surface area (Å²) < 4.78 is 76.3. The molecule has 0 saturated carbocycles. The first-order chi connectivity index (χ1) is 9.45. The third-order valence-electron chi connectivity index (χ3n) is 2.66. The Morgan fingerprint density at radius 2 is 1.90 bits per heavy atom. The van der Waals surface area contributed by atoms with Gasteiger partial charge in [-0.1, -0.05) is 6.07 Å². The molecule has 0 aliphatic rings. The second-order valence-electron chi connectivity index (χ2n) is 4.21. The number of rotatable bonds is 3. The summed E-state index contributed by atoms with van der Waals surface area (Å²) in [4.78, 5) is 14.0. The van der Waals surface area contributed by atoms with Crippen molar-refractivity contribution in [2.24, 2.45) is 4.36 Å². The molecule has 10 heteroatoms. The Balaban J connectivity index is 3.11. The van der Waals surface area contributed by atoms with E-state index in [4.69, 9.17) is 0 Å². The minimum absolute atomic E-state index is 0.0984. The van der Waals surface area contributed by atoms with Crippen molar-refractivity contribution in [1.82, 2.24) is 4.98 Å². The number of aromatic nitrogens is 1. The van der Waals surface area contributed by atoms with Crippen molar-refractivity contribution < 1.29 is 31.0 Å². The number of halogens is 5. The molecule has 1 rings (SSSR count). The SMILES string of the molecule is CC(c1ccc(C(F)(F)F)nc1)S(C)(=O)=NC(=O)C(F)F. The molecule has 0 fully saturated rings. The van der Waals surface area contributed by atoms with Crippen LogP contribution in [0.15, 0.2) is 22.7 Å². The minimum atomic E-state index is -4.62. The van der Waals surface area contributed by atoms with Gasteiger partial charge in [-0.15, -0.1) is 0 Å². The molecule has 0 radical (unpaired) electrons. The van der Waals surface area contributed by atoms with E-state index in [-0.39, 0.29) is 5.56 Å². The van der Waals surface area contributed by atoms with Gasteiger partial charge in [0.2, 0.25) is 0 Å². The van der Waals surface area contributed by atoms with Crippen LogP contribution in [0.1, 0.15) is 23.4 Å². The highest BCUT2D eigenvalue weighted by atomic mass is 32.2. The number of amides is 1. The van der Waals surface area contributed by atoms with Gasteiger partial charge in [0.1, 0.15) is 5.69 Å². The summed E-state index contributed by atoms with van der Waals surface area (Å²) in [6, 6.07) is 1.70. The van der Waals surface area contributed by atoms with E-state index >= 15 is 0 Å². The van der Waals surface area contributed by atoms with Gasteiger partial charge in [0.25, 0.3) is 0 Å². The van der Waals surface area contributed by atoms with E-state index in [2.05, 4.69) is 9.35 Å². The normalized spacial score (nSPS) is 16.4.